The molecule has 0 spiro atoms. The molecule has 0 rings (SSSR count). The van der Waals surface area contributed by atoms with Crippen LogP contribution in [-0.4, -0.2) is 24.0 Å². The van der Waals surface area contributed by atoms with Gasteiger partial charge in [-0.2, -0.15) is 0 Å². The Kier molecular flexibility index (Phi) is 4.98. The fourth-order valence-electron chi connectivity index (χ4n) is 0.626. The molecule has 6 nitrogen and oxygen atoms in total. The zero-order valence-corrected chi connectivity index (χ0v) is 7.94. The summed E-state index contributed by atoms with van der Waals surface area (Å²) < 4.78 is 4.61. The van der Waals surface area contributed by atoms with Gasteiger partial charge in [0.25, 0.3) is 5.91 Å². The monoisotopic (exact) mass is 200 g/mol. The van der Waals surface area contributed by atoms with Crippen molar-refractivity contribution in [1.29, 1.82) is 0 Å². The molecular weight excluding hydrogens is 188 g/mol. The van der Waals surface area contributed by atoms with Gasteiger partial charge in [-0.1, -0.05) is 6.08 Å². The number of primary amides is 1. The summed E-state index contributed by atoms with van der Waals surface area (Å²) in [6.45, 7) is 2.97. The molecule has 0 heterocycles. The maximum atomic E-state index is 11.0. The second-order valence-electron chi connectivity index (χ2n) is 2.43. The van der Waals surface area contributed by atoms with Crippen LogP contribution in [0.1, 0.15) is 13.8 Å². The van der Waals surface area contributed by atoms with Crippen LogP contribution < -0.4 is 11.1 Å². The lowest BCUT2D eigenvalue weighted by atomic mass is 10.4. The third-order valence-electron chi connectivity index (χ3n) is 1.21. The number of carbonyl (C=O) groups is 3. The number of allylic oxidation sites excluding steroid dienone is 1. The van der Waals surface area contributed by atoms with Gasteiger partial charge in [0.05, 0.1) is 0 Å². The standard InChI is InChI=1S/C8H12N2O4/c1-3-4-6(11)14-5(2)7(12)10-8(9)13/h3-5H,1-2H3,(H3,9,10,12,13)/b4-3+/t5-/m0/s1. The van der Waals surface area contributed by atoms with E-state index in [2.05, 4.69) is 4.74 Å². The van der Waals surface area contributed by atoms with Gasteiger partial charge in [-0.25, -0.2) is 9.59 Å². The second-order valence-corrected chi connectivity index (χ2v) is 2.43. The van der Waals surface area contributed by atoms with E-state index >= 15 is 0 Å². The summed E-state index contributed by atoms with van der Waals surface area (Å²) >= 11 is 0. The zero-order valence-electron chi connectivity index (χ0n) is 7.94. The minimum Gasteiger partial charge on any atom is -0.449 e. The molecule has 0 bridgehead atoms. The van der Waals surface area contributed by atoms with E-state index in [4.69, 9.17) is 5.73 Å². The van der Waals surface area contributed by atoms with Crippen molar-refractivity contribution in [3.8, 4) is 0 Å². The molecule has 0 saturated carbocycles. The molecule has 0 unspecified atom stereocenters. The number of amides is 3. The second kappa shape index (κ2) is 5.74. The summed E-state index contributed by atoms with van der Waals surface area (Å²) in [7, 11) is 0. The molecule has 6 heteroatoms. The van der Waals surface area contributed by atoms with Crippen molar-refractivity contribution in [1.82, 2.24) is 5.32 Å². The highest BCUT2D eigenvalue weighted by Gasteiger charge is 2.17. The molecular formula is C8H12N2O4. The molecule has 78 valence electrons. The van der Waals surface area contributed by atoms with Crippen LogP contribution in [-0.2, 0) is 14.3 Å². The first-order chi connectivity index (χ1) is 6.47. The first kappa shape index (κ1) is 12.2. The van der Waals surface area contributed by atoms with Gasteiger partial charge in [0, 0.05) is 6.08 Å². The highest BCUT2D eigenvalue weighted by molar-refractivity contribution is 5.97. The van der Waals surface area contributed by atoms with Crippen molar-refractivity contribution < 1.29 is 19.1 Å². The van der Waals surface area contributed by atoms with Crippen LogP contribution in [0.25, 0.3) is 0 Å². The number of rotatable bonds is 3. The lowest BCUT2D eigenvalue weighted by Gasteiger charge is -2.09. The van der Waals surface area contributed by atoms with Crippen molar-refractivity contribution >= 4 is 17.9 Å². The van der Waals surface area contributed by atoms with E-state index in [9.17, 15) is 14.4 Å². The summed E-state index contributed by atoms with van der Waals surface area (Å²) in [6.07, 6.45) is 1.58. The predicted octanol–water partition coefficient (Wildman–Crippen LogP) is -0.311. The number of hydrogen-bond acceptors (Lipinski definition) is 4. The molecule has 0 aromatic carbocycles. The van der Waals surface area contributed by atoms with Crippen LogP contribution >= 0.6 is 0 Å². The average molecular weight is 200 g/mol. The summed E-state index contributed by atoms with van der Waals surface area (Å²) in [4.78, 5) is 32.1. The highest BCUT2D eigenvalue weighted by Crippen LogP contribution is 1.92. The number of esters is 1. The molecule has 3 N–H and O–H groups in total. The molecule has 3 amide bonds. The summed E-state index contributed by atoms with van der Waals surface area (Å²) in [5.74, 6) is -1.41. The van der Waals surface area contributed by atoms with Gasteiger partial charge in [-0.15, -0.1) is 0 Å². The Balaban J connectivity index is 4.07. The Morgan fingerprint density at radius 1 is 1.43 bits per heavy atom. The summed E-state index contributed by atoms with van der Waals surface area (Å²) in [6, 6.07) is -0.982. The number of carbonyl (C=O) groups excluding carboxylic acids is 3. The van der Waals surface area contributed by atoms with E-state index in [1.807, 2.05) is 0 Å². The molecule has 0 radical (unpaired) electrons. The molecule has 0 aliphatic rings. The maximum Gasteiger partial charge on any atom is 0.331 e. The van der Waals surface area contributed by atoms with E-state index in [-0.39, 0.29) is 0 Å². The van der Waals surface area contributed by atoms with Gasteiger partial charge in [0.15, 0.2) is 6.10 Å². The van der Waals surface area contributed by atoms with Crippen molar-refractivity contribution in [2.75, 3.05) is 0 Å². The number of hydrogen-bond donors (Lipinski definition) is 2. The van der Waals surface area contributed by atoms with Crippen LogP contribution in [0.15, 0.2) is 12.2 Å². The first-order valence-corrected chi connectivity index (χ1v) is 3.91. The molecule has 0 saturated heterocycles. The zero-order chi connectivity index (χ0) is 11.1. The number of ether oxygens (including phenoxy) is 1. The SMILES string of the molecule is C/C=C/C(=O)O[C@@H](C)C(=O)NC(N)=O. The van der Waals surface area contributed by atoms with Gasteiger partial charge < -0.3 is 10.5 Å². The predicted molar refractivity (Wildman–Crippen MR) is 48.1 cm³/mol. The van der Waals surface area contributed by atoms with Gasteiger partial charge in [0.2, 0.25) is 0 Å². The molecule has 0 aliphatic heterocycles. The van der Waals surface area contributed by atoms with E-state index in [1.165, 1.54) is 13.0 Å². The van der Waals surface area contributed by atoms with Crippen molar-refractivity contribution in [2.45, 2.75) is 20.0 Å². The smallest absolute Gasteiger partial charge is 0.331 e. The Hall–Kier alpha value is -1.85. The normalized spacial score (nSPS) is 12.1. The van der Waals surface area contributed by atoms with E-state index in [0.29, 0.717) is 0 Å². The average Bonchev–Trinajstić information content (AvgIpc) is 2.02. The number of urea groups is 1. The maximum absolute atomic E-state index is 11.0. The Bertz CT molecular complexity index is 273. The Morgan fingerprint density at radius 2 is 2.00 bits per heavy atom. The minimum atomic E-state index is -1.05. The van der Waals surface area contributed by atoms with Crippen molar-refractivity contribution in [3.05, 3.63) is 12.2 Å². The Labute approximate surface area is 81.1 Å². The minimum absolute atomic E-state index is 0.653. The first-order valence-electron chi connectivity index (χ1n) is 3.91. The quantitative estimate of drug-likeness (QED) is 0.482. The fourth-order valence-corrected chi connectivity index (χ4v) is 0.626. The van der Waals surface area contributed by atoms with Crippen LogP contribution in [0, 0.1) is 0 Å². The summed E-state index contributed by atoms with van der Waals surface area (Å²) in [5.41, 5.74) is 4.70. The number of nitrogens with two attached hydrogens (primary N) is 1. The molecule has 0 aromatic rings. The van der Waals surface area contributed by atoms with Crippen molar-refractivity contribution in [2.24, 2.45) is 5.73 Å². The van der Waals surface area contributed by atoms with E-state index in [1.54, 1.807) is 12.2 Å². The van der Waals surface area contributed by atoms with Gasteiger partial charge in [-0.05, 0) is 13.8 Å². The van der Waals surface area contributed by atoms with Gasteiger partial charge in [-0.3, -0.25) is 10.1 Å². The third kappa shape index (κ3) is 4.91. The number of imide groups is 1. The van der Waals surface area contributed by atoms with Crippen LogP contribution in [0.4, 0.5) is 4.79 Å². The van der Waals surface area contributed by atoms with Crippen molar-refractivity contribution in [3.63, 3.8) is 0 Å². The van der Waals surface area contributed by atoms with E-state index < -0.39 is 24.0 Å². The van der Waals surface area contributed by atoms with Crippen LogP contribution in [0.3, 0.4) is 0 Å². The lowest BCUT2D eigenvalue weighted by Crippen LogP contribution is -2.42. The fraction of sp³-hybridized carbons (Fsp3) is 0.375. The Morgan fingerprint density at radius 3 is 2.43 bits per heavy atom. The molecule has 0 aromatic heterocycles. The van der Waals surface area contributed by atoms with Crippen LogP contribution in [0.5, 0.6) is 0 Å². The van der Waals surface area contributed by atoms with E-state index in [0.717, 1.165) is 6.08 Å². The van der Waals surface area contributed by atoms with Gasteiger partial charge in [0.1, 0.15) is 0 Å². The lowest BCUT2D eigenvalue weighted by molar-refractivity contribution is -0.149. The summed E-state index contributed by atoms with van der Waals surface area (Å²) in [5, 5.41) is 1.79. The van der Waals surface area contributed by atoms with Gasteiger partial charge >= 0.3 is 12.0 Å². The highest BCUT2D eigenvalue weighted by atomic mass is 16.5. The number of nitrogens with one attached hydrogen (secondary N) is 1. The topological polar surface area (TPSA) is 98.5 Å². The molecule has 14 heavy (non-hydrogen) atoms. The molecule has 0 aliphatic carbocycles. The largest absolute Gasteiger partial charge is 0.449 e. The third-order valence-corrected chi connectivity index (χ3v) is 1.21. The molecule has 0 fully saturated rings. The molecule has 1 atom stereocenters. The van der Waals surface area contributed by atoms with Crippen LogP contribution in [0.2, 0.25) is 0 Å².